The van der Waals surface area contributed by atoms with Gasteiger partial charge in [0, 0.05) is 11.4 Å². The van der Waals surface area contributed by atoms with Crippen LogP contribution in [0.4, 0.5) is 5.69 Å². The van der Waals surface area contributed by atoms with Crippen LogP contribution in [0, 0.1) is 11.3 Å². The molecule has 0 saturated carbocycles. The summed E-state index contributed by atoms with van der Waals surface area (Å²) >= 11 is 0. The molecule has 5 nitrogen and oxygen atoms in total. The summed E-state index contributed by atoms with van der Waals surface area (Å²) < 4.78 is 23.1. The summed E-state index contributed by atoms with van der Waals surface area (Å²) in [6.45, 7) is 2.86. The average Bonchev–Trinajstić information content (AvgIpc) is 2.38. The molecule has 1 atom stereocenters. The van der Waals surface area contributed by atoms with Crippen molar-refractivity contribution in [3.05, 3.63) is 29.8 Å². The van der Waals surface area contributed by atoms with Crippen molar-refractivity contribution >= 4 is 21.4 Å². The molecule has 0 saturated heterocycles. The molecule has 1 aromatic carbocycles. The van der Waals surface area contributed by atoms with Crippen LogP contribution in [0.15, 0.2) is 24.3 Å². The number of hydrogen-bond donors (Lipinski definition) is 1. The largest absolute Gasteiger partial charge is 0.325 e. The SMILES string of the molecule is CCS(=O)(=O)C(C)C(=O)Nc1ccc(C#N)cc1. The van der Waals surface area contributed by atoms with Crippen LogP contribution in [-0.4, -0.2) is 25.3 Å². The molecule has 1 rings (SSSR count). The second kappa shape index (κ2) is 5.65. The first-order chi connectivity index (χ1) is 8.40. The number of nitrogens with one attached hydrogen (secondary N) is 1. The van der Waals surface area contributed by atoms with Crippen LogP contribution >= 0.6 is 0 Å². The Labute approximate surface area is 106 Å². The van der Waals surface area contributed by atoms with Gasteiger partial charge in [-0.05, 0) is 31.2 Å². The zero-order valence-corrected chi connectivity index (χ0v) is 11.0. The van der Waals surface area contributed by atoms with Gasteiger partial charge in [-0.2, -0.15) is 5.26 Å². The van der Waals surface area contributed by atoms with Crippen molar-refractivity contribution in [2.45, 2.75) is 19.1 Å². The number of anilines is 1. The standard InChI is InChI=1S/C12H14N2O3S/c1-3-18(16,17)9(2)12(15)14-11-6-4-10(8-13)5-7-11/h4-7,9H,3H2,1-2H3,(H,14,15). The minimum atomic E-state index is -3.39. The number of sulfone groups is 1. The van der Waals surface area contributed by atoms with Gasteiger partial charge in [-0.3, -0.25) is 4.79 Å². The van der Waals surface area contributed by atoms with Crippen molar-refractivity contribution in [2.24, 2.45) is 0 Å². The van der Waals surface area contributed by atoms with Crippen LogP contribution in [0.1, 0.15) is 19.4 Å². The lowest BCUT2D eigenvalue weighted by atomic mass is 10.2. The lowest BCUT2D eigenvalue weighted by Gasteiger charge is -2.11. The molecule has 1 amide bonds. The fourth-order valence-electron chi connectivity index (χ4n) is 1.29. The molecular weight excluding hydrogens is 252 g/mol. The third-order valence-electron chi connectivity index (χ3n) is 2.59. The first-order valence-corrected chi connectivity index (χ1v) is 7.15. The first-order valence-electron chi connectivity index (χ1n) is 5.43. The molecule has 0 fully saturated rings. The molecule has 1 aromatic rings. The Balaban J connectivity index is 2.79. The Morgan fingerprint density at radius 1 is 1.39 bits per heavy atom. The van der Waals surface area contributed by atoms with Crippen LogP contribution < -0.4 is 5.32 Å². The zero-order valence-electron chi connectivity index (χ0n) is 10.2. The molecule has 0 radical (unpaired) electrons. The maximum atomic E-state index is 11.7. The fraction of sp³-hybridized carbons (Fsp3) is 0.333. The maximum absolute atomic E-state index is 11.7. The molecule has 0 aliphatic carbocycles. The van der Waals surface area contributed by atoms with Gasteiger partial charge in [-0.25, -0.2) is 8.42 Å². The van der Waals surface area contributed by atoms with Crippen molar-refractivity contribution in [3.63, 3.8) is 0 Å². The maximum Gasteiger partial charge on any atom is 0.242 e. The van der Waals surface area contributed by atoms with Crippen molar-refractivity contribution in [2.75, 3.05) is 11.1 Å². The summed E-state index contributed by atoms with van der Waals surface area (Å²) in [6.07, 6.45) is 0. The minimum absolute atomic E-state index is 0.0744. The molecule has 0 aliphatic rings. The number of rotatable bonds is 4. The predicted octanol–water partition coefficient (Wildman–Crippen LogP) is 1.32. The van der Waals surface area contributed by atoms with Crippen LogP contribution in [0.3, 0.4) is 0 Å². The highest BCUT2D eigenvalue weighted by Gasteiger charge is 2.26. The van der Waals surface area contributed by atoms with E-state index in [2.05, 4.69) is 5.32 Å². The summed E-state index contributed by atoms with van der Waals surface area (Å²) in [5, 5.41) is 10.0. The number of hydrogen-bond acceptors (Lipinski definition) is 4. The number of amides is 1. The molecule has 0 bridgehead atoms. The summed E-state index contributed by atoms with van der Waals surface area (Å²) in [5.74, 6) is -0.642. The van der Waals surface area contributed by atoms with E-state index in [1.807, 2.05) is 6.07 Å². The Bertz CT molecular complexity index is 570. The summed E-state index contributed by atoms with van der Waals surface area (Å²) in [6, 6.07) is 8.17. The molecule has 1 unspecified atom stereocenters. The lowest BCUT2D eigenvalue weighted by molar-refractivity contribution is -0.115. The fourth-order valence-corrected chi connectivity index (χ4v) is 2.17. The highest BCUT2D eigenvalue weighted by Crippen LogP contribution is 2.11. The third kappa shape index (κ3) is 3.31. The van der Waals surface area contributed by atoms with Gasteiger partial charge in [0.25, 0.3) is 0 Å². The van der Waals surface area contributed by atoms with E-state index in [-0.39, 0.29) is 5.75 Å². The van der Waals surface area contributed by atoms with Crippen molar-refractivity contribution in [3.8, 4) is 6.07 Å². The highest BCUT2D eigenvalue weighted by molar-refractivity contribution is 7.92. The molecular formula is C12H14N2O3S. The van der Waals surface area contributed by atoms with E-state index in [1.165, 1.54) is 13.8 Å². The van der Waals surface area contributed by atoms with Gasteiger partial charge in [0.2, 0.25) is 5.91 Å². The topological polar surface area (TPSA) is 87.0 Å². The smallest absolute Gasteiger partial charge is 0.242 e. The predicted molar refractivity (Wildman–Crippen MR) is 68.7 cm³/mol. The molecule has 0 spiro atoms. The van der Waals surface area contributed by atoms with Gasteiger partial charge in [0.05, 0.1) is 11.6 Å². The normalized spacial score (nSPS) is 12.5. The number of carbonyl (C=O) groups excluding carboxylic acids is 1. The summed E-state index contributed by atoms with van der Waals surface area (Å²) in [7, 11) is -3.39. The molecule has 96 valence electrons. The third-order valence-corrected chi connectivity index (χ3v) is 4.69. The number of carbonyl (C=O) groups is 1. The lowest BCUT2D eigenvalue weighted by Crippen LogP contribution is -2.33. The zero-order chi connectivity index (χ0) is 13.8. The number of benzene rings is 1. The highest BCUT2D eigenvalue weighted by atomic mass is 32.2. The second-order valence-electron chi connectivity index (χ2n) is 3.77. The number of nitrogens with zero attached hydrogens (tertiary/aromatic N) is 1. The minimum Gasteiger partial charge on any atom is -0.325 e. The summed E-state index contributed by atoms with van der Waals surface area (Å²) in [4.78, 5) is 11.7. The summed E-state index contributed by atoms with van der Waals surface area (Å²) in [5.41, 5.74) is 0.944. The van der Waals surface area contributed by atoms with E-state index in [4.69, 9.17) is 5.26 Å². The van der Waals surface area contributed by atoms with E-state index in [9.17, 15) is 13.2 Å². The van der Waals surface area contributed by atoms with Gasteiger partial charge in [-0.1, -0.05) is 6.92 Å². The van der Waals surface area contributed by atoms with Crippen molar-refractivity contribution < 1.29 is 13.2 Å². The number of nitriles is 1. The second-order valence-corrected chi connectivity index (χ2v) is 6.38. The average molecular weight is 266 g/mol. The van der Waals surface area contributed by atoms with Crippen LogP contribution in [0.25, 0.3) is 0 Å². The Morgan fingerprint density at radius 2 is 1.94 bits per heavy atom. The van der Waals surface area contributed by atoms with E-state index in [1.54, 1.807) is 24.3 Å². The molecule has 6 heteroatoms. The van der Waals surface area contributed by atoms with Crippen molar-refractivity contribution in [1.82, 2.24) is 0 Å². The molecule has 1 N–H and O–H groups in total. The Kier molecular flexibility index (Phi) is 4.45. The monoisotopic (exact) mass is 266 g/mol. The molecule has 0 aliphatic heterocycles. The van der Waals surface area contributed by atoms with Gasteiger partial charge >= 0.3 is 0 Å². The Hall–Kier alpha value is -1.87. The van der Waals surface area contributed by atoms with E-state index < -0.39 is 21.0 Å². The van der Waals surface area contributed by atoms with Crippen LogP contribution in [0.5, 0.6) is 0 Å². The van der Waals surface area contributed by atoms with E-state index in [0.717, 1.165) is 0 Å². The van der Waals surface area contributed by atoms with Gasteiger partial charge < -0.3 is 5.32 Å². The first kappa shape index (κ1) is 14.2. The quantitative estimate of drug-likeness (QED) is 0.890. The van der Waals surface area contributed by atoms with Crippen LogP contribution in [-0.2, 0) is 14.6 Å². The molecule has 0 heterocycles. The van der Waals surface area contributed by atoms with Crippen LogP contribution in [0.2, 0.25) is 0 Å². The van der Waals surface area contributed by atoms with Gasteiger partial charge in [-0.15, -0.1) is 0 Å². The molecule has 0 aromatic heterocycles. The molecule has 18 heavy (non-hydrogen) atoms. The van der Waals surface area contributed by atoms with Gasteiger partial charge in [0.15, 0.2) is 9.84 Å². The van der Waals surface area contributed by atoms with Gasteiger partial charge in [0.1, 0.15) is 5.25 Å². The Morgan fingerprint density at radius 3 is 2.39 bits per heavy atom. The van der Waals surface area contributed by atoms with E-state index in [0.29, 0.717) is 11.3 Å². The van der Waals surface area contributed by atoms with E-state index >= 15 is 0 Å². The van der Waals surface area contributed by atoms with Crippen molar-refractivity contribution in [1.29, 1.82) is 5.26 Å².